The third-order valence-corrected chi connectivity index (χ3v) is 11.4. The highest BCUT2D eigenvalue weighted by Crippen LogP contribution is 2.49. The summed E-state index contributed by atoms with van der Waals surface area (Å²) in [5.41, 5.74) is 2.07. The molecule has 0 saturated carbocycles. The van der Waals surface area contributed by atoms with Gasteiger partial charge in [0.2, 0.25) is 5.91 Å². The largest absolute Gasteiger partial charge is 0.461 e. The van der Waals surface area contributed by atoms with Crippen molar-refractivity contribution in [1.29, 1.82) is 0 Å². The number of carbonyl (C=O) groups is 2. The minimum Gasteiger partial charge on any atom is -0.461 e. The Morgan fingerprint density at radius 1 is 0.960 bits per heavy atom. The van der Waals surface area contributed by atoms with Crippen molar-refractivity contribution in [3.05, 3.63) is 33.8 Å². The van der Waals surface area contributed by atoms with Gasteiger partial charge >= 0.3 is 5.97 Å². The minimum absolute atomic E-state index is 0.00530. The lowest BCUT2D eigenvalue weighted by Crippen LogP contribution is -2.54. The maximum absolute atomic E-state index is 13.4. The maximum Gasteiger partial charge on any atom is 0.306 e. The van der Waals surface area contributed by atoms with Crippen molar-refractivity contribution in [2.45, 2.75) is 128 Å². The number of ether oxygens (including phenoxy) is 1. The topological polar surface area (TPSA) is 83.5 Å². The van der Waals surface area contributed by atoms with Crippen LogP contribution in [0.2, 0.25) is 10.0 Å². The van der Waals surface area contributed by atoms with Crippen LogP contribution >= 0.6 is 48.5 Å². The third kappa shape index (κ3) is 13.7. The Bertz CT molecular complexity index is 1200. The summed E-state index contributed by atoms with van der Waals surface area (Å²) >= 11 is 21.6. The van der Waals surface area contributed by atoms with Crippen molar-refractivity contribution in [3.63, 3.8) is 0 Å². The number of nitrogens with zero attached hydrogens (tertiary/aromatic N) is 3. The number of rotatable bonds is 25. The first kappa shape index (κ1) is 43.2. The smallest absolute Gasteiger partial charge is 0.306 e. The van der Waals surface area contributed by atoms with Crippen molar-refractivity contribution < 1.29 is 19.2 Å². The molecule has 2 aliphatic rings. The van der Waals surface area contributed by atoms with Crippen LogP contribution in [0.5, 0.6) is 0 Å². The van der Waals surface area contributed by atoms with Crippen molar-refractivity contribution in [2.24, 2.45) is 11.1 Å². The van der Waals surface area contributed by atoms with Gasteiger partial charge in [0.05, 0.1) is 28.3 Å². The van der Waals surface area contributed by atoms with Gasteiger partial charge in [0.25, 0.3) is 0 Å². The number of amides is 1. The zero-order valence-corrected chi connectivity index (χ0v) is 33.9. The Balaban J connectivity index is 1.77. The molecule has 50 heavy (non-hydrogen) atoms. The van der Waals surface area contributed by atoms with Crippen LogP contribution in [-0.4, -0.2) is 96.9 Å². The number of oxime groups is 1. The molecule has 2 fully saturated rings. The second-order valence-electron chi connectivity index (χ2n) is 13.8. The number of benzene rings is 1. The van der Waals surface area contributed by atoms with E-state index >= 15 is 0 Å². The van der Waals surface area contributed by atoms with E-state index < -0.39 is 0 Å². The molecule has 12 heteroatoms. The van der Waals surface area contributed by atoms with Gasteiger partial charge in [-0.15, -0.1) is 0 Å². The summed E-state index contributed by atoms with van der Waals surface area (Å²) in [4.78, 5) is 36.0. The first-order chi connectivity index (χ1) is 24.3. The standard InChI is InChI=1S/C38H62Cl2N4O4S2/c1-4-6-7-8-9-10-11-12-13-15-36(46)48-34-26-29-25-30(28-16-17-31(39)32(40)24-28)37(33(5-2)42-47-3)38(34)44(29)20-14-19-43(21-23-50)27-35(45)41-18-22-49/h16-17,24,29-30,34,37-38,49-50H,4-15,18-23,25-27H2,1-3H3,(H,41,45)/b42-33+/t29?,30-,34?,37+,38?/m0/s1. The van der Waals surface area contributed by atoms with Crippen LogP contribution in [-0.2, 0) is 19.2 Å². The van der Waals surface area contributed by atoms with Gasteiger partial charge in [0.15, 0.2) is 0 Å². The first-order valence-corrected chi connectivity index (χ1v) is 21.0. The summed E-state index contributed by atoms with van der Waals surface area (Å²) in [7, 11) is 1.59. The van der Waals surface area contributed by atoms with Crippen LogP contribution in [0.15, 0.2) is 23.4 Å². The molecule has 8 nitrogen and oxygen atoms in total. The number of carbonyl (C=O) groups excluding carboxylic acids is 2. The van der Waals surface area contributed by atoms with Crippen molar-refractivity contribution >= 4 is 66.0 Å². The molecule has 1 aromatic rings. The Hall–Kier alpha value is -1.17. The SMILES string of the molecule is CCCCCCCCCCCC(=O)OC1CC2C[C@@H](c3ccc(Cl)c(Cl)c3)[C@H](/C(CC)=N/OC)C1N2CCCN(CCS)CC(=O)NCCS. The van der Waals surface area contributed by atoms with Crippen LogP contribution in [0.3, 0.4) is 0 Å². The van der Waals surface area contributed by atoms with E-state index in [4.69, 9.17) is 32.8 Å². The number of piperidine rings is 1. The van der Waals surface area contributed by atoms with E-state index in [-0.39, 0.29) is 41.9 Å². The molecule has 2 heterocycles. The lowest BCUT2D eigenvalue weighted by molar-refractivity contribution is -0.151. The lowest BCUT2D eigenvalue weighted by Gasteiger charge is -2.46. The maximum atomic E-state index is 13.4. The summed E-state index contributed by atoms with van der Waals surface area (Å²) in [5, 5.41) is 8.55. The molecule has 2 bridgehead atoms. The molecule has 2 aliphatic heterocycles. The van der Waals surface area contributed by atoms with Gasteiger partial charge in [-0.1, -0.05) is 99.6 Å². The number of thiol groups is 2. The van der Waals surface area contributed by atoms with E-state index in [1.165, 1.54) is 44.9 Å². The average Bonchev–Trinajstić information content (AvgIpc) is 3.32. The fourth-order valence-electron chi connectivity index (χ4n) is 7.94. The molecule has 1 N–H and O–H groups in total. The van der Waals surface area contributed by atoms with E-state index in [0.717, 1.165) is 63.0 Å². The van der Waals surface area contributed by atoms with Crippen molar-refractivity contribution in [3.8, 4) is 0 Å². The van der Waals surface area contributed by atoms with E-state index in [1.807, 2.05) is 12.1 Å². The quantitative estimate of drug-likeness (QED) is 0.0304. The van der Waals surface area contributed by atoms with Crippen LogP contribution < -0.4 is 5.32 Å². The molecule has 1 amide bonds. The molecular weight excluding hydrogens is 711 g/mol. The number of halogens is 2. The third-order valence-electron chi connectivity index (χ3n) is 10.3. The molecule has 0 radical (unpaired) electrons. The zero-order chi connectivity index (χ0) is 36.3. The van der Waals surface area contributed by atoms with Crippen molar-refractivity contribution in [1.82, 2.24) is 15.1 Å². The van der Waals surface area contributed by atoms with E-state index in [2.05, 4.69) is 65.4 Å². The molecule has 5 atom stereocenters. The number of hydrogen-bond donors (Lipinski definition) is 3. The van der Waals surface area contributed by atoms with Gasteiger partial charge in [-0.05, 0) is 55.8 Å². The second-order valence-corrected chi connectivity index (χ2v) is 15.5. The van der Waals surface area contributed by atoms with Gasteiger partial charge in [0.1, 0.15) is 13.2 Å². The van der Waals surface area contributed by atoms with Gasteiger partial charge in [-0.25, -0.2) is 0 Å². The highest BCUT2D eigenvalue weighted by Gasteiger charge is 2.55. The van der Waals surface area contributed by atoms with E-state index in [0.29, 0.717) is 47.5 Å². The summed E-state index contributed by atoms with van der Waals surface area (Å²) in [6.45, 7) is 7.55. The fraction of sp³-hybridized carbons (Fsp3) is 0.763. The molecule has 3 rings (SSSR count). The Morgan fingerprint density at radius 2 is 1.68 bits per heavy atom. The molecule has 0 spiro atoms. The van der Waals surface area contributed by atoms with E-state index in [1.54, 1.807) is 7.11 Å². The predicted octanol–water partition coefficient (Wildman–Crippen LogP) is 8.45. The van der Waals surface area contributed by atoms with Crippen LogP contribution in [0.4, 0.5) is 0 Å². The summed E-state index contributed by atoms with van der Waals surface area (Å²) in [5.74, 6) is 1.25. The highest BCUT2D eigenvalue weighted by molar-refractivity contribution is 7.80. The monoisotopic (exact) mass is 772 g/mol. The number of unbranched alkanes of at least 4 members (excludes halogenated alkanes) is 8. The number of hydrogen-bond acceptors (Lipinski definition) is 9. The van der Waals surface area contributed by atoms with Crippen LogP contribution in [0, 0.1) is 5.92 Å². The lowest BCUT2D eigenvalue weighted by atomic mass is 9.72. The number of fused-ring (bicyclic) bond motifs is 2. The zero-order valence-electron chi connectivity index (χ0n) is 30.6. The number of esters is 1. The molecule has 3 unspecified atom stereocenters. The van der Waals surface area contributed by atoms with Gasteiger partial charge in [0, 0.05) is 55.9 Å². The minimum atomic E-state index is -0.252. The predicted molar refractivity (Wildman–Crippen MR) is 214 cm³/mol. The molecule has 0 aliphatic carbocycles. The molecule has 284 valence electrons. The molecule has 0 aromatic heterocycles. The van der Waals surface area contributed by atoms with Gasteiger partial charge < -0.3 is 14.9 Å². The highest BCUT2D eigenvalue weighted by atomic mass is 35.5. The van der Waals surface area contributed by atoms with Gasteiger partial charge in [-0.3, -0.25) is 19.4 Å². The Morgan fingerprint density at radius 3 is 2.32 bits per heavy atom. The number of nitrogens with one attached hydrogen (secondary N) is 1. The summed E-state index contributed by atoms with van der Waals surface area (Å²) in [6.07, 6.45) is 14.3. The Labute approximate surface area is 322 Å². The fourth-order valence-corrected chi connectivity index (χ4v) is 8.64. The van der Waals surface area contributed by atoms with Gasteiger partial charge in [-0.2, -0.15) is 25.3 Å². The molecule has 2 saturated heterocycles. The molecule has 1 aromatic carbocycles. The summed E-state index contributed by atoms with van der Waals surface area (Å²) < 4.78 is 6.41. The normalized spacial score (nSPS) is 22.2. The summed E-state index contributed by atoms with van der Waals surface area (Å²) in [6, 6.07) is 6.08. The first-order valence-electron chi connectivity index (χ1n) is 19.0. The van der Waals surface area contributed by atoms with Crippen LogP contribution in [0.25, 0.3) is 0 Å². The Kier molecular flexibility index (Phi) is 20.9. The van der Waals surface area contributed by atoms with Crippen molar-refractivity contribution in [2.75, 3.05) is 51.3 Å². The van der Waals surface area contributed by atoms with E-state index in [9.17, 15) is 9.59 Å². The molecular formula is C38H62Cl2N4O4S2. The second kappa shape index (κ2) is 24.2. The van der Waals surface area contributed by atoms with Crippen LogP contribution in [0.1, 0.15) is 115 Å². The average molecular weight is 774 g/mol.